The summed E-state index contributed by atoms with van der Waals surface area (Å²) in [6.45, 7) is 2.41. The summed E-state index contributed by atoms with van der Waals surface area (Å²) in [6.07, 6.45) is 3.37. The molecule has 2 rings (SSSR count). The van der Waals surface area contributed by atoms with Crippen molar-refractivity contribution in [2.75, 3.05) is 7.05 Å². The molecule has 0 saturated heterocycles. The van der Waals surface area contributed by atoms with Crippen molar-refractivity contribution in [2.24, 2.45) is 0 Å². The molecule has 4 heteroatoms. The highest BCUT2D eigenvalue weighted by Crippen LogP contribution is 2.12. The summed E-state index contributed by atoms with van der Waals surface area (Å²) < 4.78 is 5.16. The van der Waals surface area contributed by atoms with Crippen molar-refractivity contribution in [3.05, 3.63) is 47.7 Å². The van der Waals surface area contributed by atoms with Crippen molar-refractivity contribution in [3.8, 4) is 0 Å². The predicted molar refractivity (Wildman–Crippen MR) is 60.0 cm³/mol. The van der Waals surface area contributed by atoms with Gasteiger partial charge in [-0.05, 0) is 25.1 Å². The Morgan fingerprint density at radius 3 is 2.88 bits per heavy atom. The second kappa shape index (κ2) is 4.26. The lowest BCUT2D eigenvalue weighted by molar-refractivity contribution is 0.0751. The summed E-state index contributed by atoms with van der Waals surface area (Å²) in [4.78, 5) is 16.7. The minimum absolute atomic E-state index is 0.0999. The molecular weight excluding hydrogens is 204 g/mol. The molecule has 0 aliphatic heterocycles. The Hall–Kier alpha value is -1.97. The molecule has 0 bridgehead atoms. The molecule has 0 spiro atoms. The highest BCUT2D eigenvalue weighted by Gasteiger charge is 2.17. The molecule has 4 nitrogen and oxygen atoms in total. The van der Waals surface area contributed by atoms with Gasteiger partial charge in [0.05, 0.1) is 12.8 Å². The second-order valence-corrected chi connectivity index (χ2v) is 3.79. The zero-order valence-electron chi connectivity index (χ0n) is 9.36. The zero-order chi connectivity index (χ0) is 11.5. The third-order valence-electron chi connectivity index (χ3n) is 2.47. The number of hydrogen-bond acceptors (Lipinski definition) is 2. The van der Waals surface area contributed by atoms with Crippen LogP contribution in [0, 0.1) is 6.92 Å². The monoisotopic (exact) mass is 218 g/mol. The lowest BCUT2D eigenvalue weighted by Crippen LogP contribution is -2.26. The second-order valence-electron chi connectivity index (χ2n) is 3.79. The van der Waals surface area contributed by atoms with E-state index in [1.807, 2.05) is 25.3 Å². The van der Waals surface area contributed by atoms with Crippen molar-refractivity contribution >= 4 is 5.91 Å². The number of hydrogen-bond donors (Lipinski definition) is 1. The molecule has 0 aliphatic carbocycles. The largest absolute Gasteiger partial charge is 0.459 e. The van der Waals surface area contributed by atoms with E-state index in [1.165, 1.54) is 6.26 Å². The zero-order valence-corrected chi connectivity index (χ0v) is 9.36. The molecular formula is C12H14N2O2. The molecule has 0 saturated carbocycles. The number of furan rings is 1. The van der Waals surface area contributed by atoms with E-state index in [1.54, 1.807) is 18.0 Å². The molecule has 0 aromatic carbocycles. The molecule has 0 fully saturated rings. The number of H-pyrrole nitrogens is 1. The van der Waals surface area contributed by atoms with Crippen molar-refractivity contribution in [2.45, 2.75) is 13.5 Å². The summed E-state index contributed by atoms with van der Waals surface area (Å²) in [6, 6.07) is 5.64. The average molecular weight is 218 g/mol. The van der Waals surface area contributed by atoms with E-state index in [0.29, 0.717) is 12.3 Å². The maximum atomic E-state index is 12.0. The SMILES string of the molecule is Cc1ccoc1C(=O)N(C)Cc1ccc[nH]1. The Bertz CT molecular complexity index is 471. The summed E-state index contributed by atoms with van der Waals surface area (Å²) in [7, 11) is 1.76. The van der Waals surface area contributed by atoms with Crippen molar-refractivity contribution in [1.29, 1.82) is 0 Å². The number of carbonyl (C=O) groups excluding carboxylic acids is 1. The van der Waals surface area contributed by atoms with Crippen LogP contribution in [0.1, 0.15) is 21.8 Å². The number of aromatic amines is 1. The van der Waals surface area contributed by atoms with Gasteiger partial charge in [0.2, 0.25) is 0 Å². The first-order valence-electron chi connectivity index (χ1n) is 5.10. The van der Waals surface area contributed by atoms with Gasteiger partial charge in [-0.1, -0.05) is 0 Å². The maximum Gasteiger partial charge on any atom is 0.289 e. The maximum absolute atomic E-state index is 12.0. The van der Waals surface area contributed by atoms with Gasteiger partial charge in [-0.3, -0.25) is 4.79 Å². The summed E-state index contributed by atoms with van der Waals surface area (Å²) >= 11 is 0. The van der Waals surface area contributed by atoms with E-state index < -0.39 is 0 Å². The lowest BCUT2D eigenvalue weighted by Gasteiger charge is -2.15. The van der Waals surface area contributed by atoms with Crippen LogP contribution in [0.3, 0.4) is 0 Å². The number of aromatic nitrogens is 1. The number of amides is 1. The van der Waals surface area contributed by atoms with Crippen LogP contribution in [-0.2, 0) is 6.54 Å². The first-order chi connectivity index (χ1) is 7.68. The first kappa shape index (κ1) is 10.5. The van der Waals surface area contributed by atoms with Crippen molar-refractivity contribution in [3.63, 3.8) is 0 Å². The van der Waals surface area contributed by atoms with Gasteiger partial charge < -0.3 is 14.3 Å². The van der Waals surface area contributed by atoms with Gasteiger partial charge >= 0.3 is 0 Å². The quantitative estimate of drug-likeness (QED) is 0.858. The summed E-state index contributed by atoms with van der Waals surface area (Å²) in [5.41, 5.74) is 1.86. The normalized spacial score (nSPS) is 10.4. The number of carbonyl (C=O) groups is 1. The highest BCUT2D eigenvalue weighted by atomic mass is 16.3. The lowest BCUT2D eigenvalue weighted by atomic mass is 10.2. The first-order valence-corrected chi connectivity index (χ1v) is 5.10. The van der Waals surface area contributed by atoms with Gasteiger partial charge in [-0.2, -0.15) is 0 Å². The molecule has 0 unspecified atom stereocenters. The summed E-state index contributed by atoms with van der Waals surface area (Å²) in [5.74, 6) is 0.311. The third kappa shape index (κ3) is 2.00. The van der Waals surface area contributed by atoms with E-state index in [4.69, 9.17) is 4.42 Å². The fourth-order valence-corrected chi connectivity index (χ4v) is 1.56. The van der Waals surface area contributed by atoms with E-state index >= 15 is 0 Å². The molecule has 2 aromatic rings. The molecule has 1 N–H and O–H groups in total. The number of nitrogens with one attached hydrogen (secondary N) is 1. The molecule has 2 heterocycles. The fraction of sp³-hybridized carbons (Fsp3) is 0.250. The fourth-order valence-electron chi connectivity index (χ4n) is 1.56. The minimum atomic E-state index is -0.0999. The van der Waals surface area contributed by atoms with Crippen molar-refractivity contribution < 1.29 is 9.21 Å². The van der Waals surface area contributed by atoms with Gasteiger partial charge in [0.1, 0.15) is 0 Å². The summed E-state index contributed by atoms with van der Waals surface area (Å²) in [5, 5.41) is 0. The Balaban J connectivity index is 2.08. The standard InChI is InChI=1S/C12H14N2O2/c1-9-5-7-16-11(9)12(15)14(2)8-10-4-3-6-13-10/h3-7,13H,8H2,1-2H3. The Morgan fingerprint density at radius 2 is 2.31 bits per heavy atom. The number of nitrogens with zero attached hydrogens (tertiary/aromatic N) is 1. The van der Waals surface area contributed by atoms with E-state index in [2.05, 4.69) is 4.98 Å². The van der Waals surface area contributed by atoms with Gasteiger partial charge in [0.25, 0.3) is 5.91 Å². The Labute approximate surface area is 93.9 Å². The van der Waals surface area contributed by atoms with E-state index in [9.17, 15) is 4.79 Å². The smallest absolute Gasteiger partial charge is 0.289 e. The Kier molecular flexibility index (Phi) is 2.81. The van der Waals surface area contributed by atoms with Crippen LogP contribution in [0.15, 0.2) is 35.1 Å². The molecule has 0 atom stereocenters. The molecule has 16 heavy (non-hydrogen) atoms. The van der Waals surface area contributed by atoms with Crippen LogP contribution < -0.4 is 0 Å². The van der Waals surface area contributed by atoms with Gasteiger partial charge in [-0.15, -0.1) is 0 Å². The molecule has 0 radical (unpaired) electrons. The van der Waals surface area contributed by atoms with Crippen LogP contribution in [0.2, 0.25) is 0 Å². The highest BCUT2D eigenvalue weighted by molar-refractivity contribution is 5.92. The molecule has 2 aromatic heterocycles. The van der Waals surface area contributed by atoms with Gasteiger partial charge in [0.15, 0.2) is 5.76 Å². The van der Waals surface area contributed by atoms with E-state index in [0.717, 1.165) is 11.3 Å². The van der Waals surface area contributed by atoms with Crippen molar-refractivity contribution in [1.82, 2.24) is 9.88 Å². The topological polar surface area (TPSA) is 49.2 Å². The van der Waals surface area contributed by atoms with Crippen LogP contribution >= 0.6 is 0 Å². The molecule has 1 amide bonds. The van der Waals surface area contributed by atoms with Gasteiger partial charge in [0, 0.05) is 24.5 Å². The van der Waals surface area contributed by atoms with E-state index in [-0.39, 0.29) is 5.91 Å². The Morgan fingerprint density at radius 1 is 1.50 bits per heavy atom. The minimum Gasteiger partial charge on any atom is -0.459 e. The van der Waals surface area contributed by atoms with Crippen LogP contribution in [0.4, 0.5) is 0 Å². The predicted octanol–water partition coefficient (Wildman–Crippen LogP) is 2.19. The average Bonchev–Trinajstić information content (AvgIpc) is 2.88. The third-order valence-corrected chi connectivity index (χ3v) is 2.47. The van der Waals surface area contributed by atoms with Crippen LogP contribution in [0.25, 0.3) is 0 Å². The number of aryl methyl sites for hydroxylation is 1. The van der Waals surface area contributed by atoms with Crippen LogP contribution in [-0.4, -0.2) is 22.8 Å². The van der Waals surface area contributed by atoms with Crippen LogP contribution in [0.5, 0.6) is 0 Å². The van der Waals surface area contributed by atoms with Gasteiger partial charge in [-0.25, -0.2) is 0 Å². The molecule has 84 valence electrons. The number of rotatable bonds is 3. The molecule has 0 aliphatic rings.